The average Bonchev–Trinajstić information content (AvgIpc) is 2.83. The van der Waals surface area contributed by atoms with Crippen molar-refractivity contribution < 1.29 is 9.59 Å². The molecular formula is C16H26N2O2. The van der Waals surface area contributed by atoms with Crippen molar-refractivity contribution in [2.75, 3.05) is 6.54 Å². The topological polar surface area (TPSA) is 49.4 Å². The lowest BCUT2D eigenvalue weighted by atomic mass is 9.82. The number of hydrogen-bond acceptors (Lipinski definition) is 2. The summed E-state index contributed by atoms with van der Waals surface area (Å²) < 4.78 is 0. The van der Waals surface area contributed by atoms with E-state index < -0.39 is 5.54 Å². The van der Waals surface area contributed by atoms with Gasteiger partial charge in [0.05, 0.1) is 0 Å². The lowest BCUT2D eigenvalue weighted by molar-refractivity contribution is -0.155. The molecule has 1 saturated heterocycles. The number of nitrogens with one attached hydrogen (secondary N) is 1. The molecule has 0 aromatic rings. The first kappa shape index (κ1) is 13.9. The number of piperazine rings is 1. The molecule has 3 fully saturated rings. The monoisotopic (exact) mass is 278 g/mol. The Morgan fingerprint density at radius 1 is 1.20 bits per heavy atom. The zero-order valence-electron chi connectivity index (χ0n) is 12.5. The number of hydrogen-bond donors (Lipinski definition) is 1. The first-order chi connectivity index (χ1) is 9.66. The van der Waals surface area contributed by atoms with Gasteiger partial charge >= 0.3 is 0 Å². The van der Waals surface area contributed by atoms with Crippen molar-refractivity contribution in [3.05, 3.63) is 0 Å². The van der Waals surface area contributed by atoms with E-state index in [2.05, 4.69) is 5.32 Å². The van der Waals surface area contributed by atoms with Gasteiger partial charge in [0, 0.05) is 6.54 Å². The minimum Gasteiger partial charge on any atom is -0.340 e. The smallest absolute Gasteiger partial charge is 0.249 e. The Labute approximate surface area is 121 Å². The van der Waals surface area contributed by atoms with Gasteiger partial charge in [0.25, 0.3) is 0 Å². The van der Waals surface area contributed by atoms with Gasteiger partial charge in [0.2, 0.25) is 11.8 Å². The zero-order chi connectivity index (χ0) is 14.2. The lowest BCUT2D eigenvalue weighted by Crippen LogP contribution is -2.69. The predicted octanol–water partition coefficient (Wildman–Crippen LogP) is 2.23. The highest BCUT2D eigenvalue weighted by Crippen LogP contribution is 2.36. The second-order valence-electron chi connectivity index (χ2n) is 6.79. The molecule has 0 aromatic carbocycles. The highest BCUT2D eigenvalue weighted by atomic mass is 16.2. The van der Waals surface area contributed by atoms with Gasteiger partial charge < -0.3 is 10.2 Å². The van der Waals surface area contributed by atoms with Crippen LogP contribution in [-0.4, -0.2) is 34.8 Å². The van der Waals surface area contributed by atoms with E-state index in [4.69, 9.17) is 0 Å². The number of rotatable bonds is 4. The van der Waals surface area contributed by atoms with E-state index in [1.54, 1.807) is 0 Å². The fourth-order valence-electron chi connectivity index (χ4n) is 4.01. The Morgan fingerprint density at radius 2 is 1.90 bits per heavy atom. The number of carbonyl (C=O) groups excluding carboxylic acids is 2. The van der Waals surface area contributed by atoms with Gasteiger partial charge in [0.1, 0.15) is 11.6 Å². The van der Waals surface area contributed by atoms with Crippen LogP contribution < -0.4 is 5.32 Å². The third-order valence-corrected chi connectivity index (χ3v) is 5.56. The summed E-state index contributed by atoms with van der Waals surface area (Å²) in [6.45, 7) is 2.78. The van der Waals surface area contributed by atoms with Crippen LogP contribution in [0.3, 0.4) is 0 Å². The quantitative estimate of drug-likeness (QED) is 0.857. The van der Waals surface area contributed by atoms with E-state index in [0.717, 1.165) is 51.0 Å². The van der Waals surface area contributed by atoms with Crippen LogP contribution in [0, 0.1) is 5.92 Å². The average molecular weight is 278 g/mol. The van der Waals surface area contributed by atoms with Crippen molar-refractivity contribution in [3.8, 4) is 0 Å². The highest BCUT2D eigenvalue weighted by Gasteiger charge is 2.51. The molecule has 1 unspecified atom stereocenters. The van der Waals surface area contributed by atoms with Crippen LogP contribution in [0.4, 0.5) is 0 Å². The Balaban J connectivity index is 1.74. The highest BCUT2D eigenvalue weighted by molar-refractivity contribution is 6.00. The van der Waals surface area contributed by atoms with E-state index in [1.807, 2.05) is 11.8 Å². The van der Waals surface area contributed by atoms with Gasteiger partial charge in [-0.1, -0.05) is 39.0 Å². The Bertz CT molecular complexity index is 397. The van der Waals surface area contributed by atoms with Crippen LogP contribution in [0.15, 0.2) is 0 Å². The molecule has 3 aliphatic rings. The zero-order valence-corrected chi connectivity index (χ0v) is 12.5. The van der Waals surface area contributed by atoms with Crippen LogP contribution in [0.1, 0.15) is 64.7 Å². The maximum atomic E-state index is 12.9. The van der Waals surface area contributed by atoms with Crippen LogP contribution in [-0.2, 0) is 9.59 Å². The third kappa shape index (κ3) is 2.23. The standard InChI is InChI=1S/C16H26N2O2/c1-2-13-14(19)17-16(9-3-4-10-16)15(20)18(13)11-8-12-6-5-7-12/h12-13H,2-11H2,1H3,(H,17,19). The molecule has 0 bridgehead atoms. The van der Waals surface area contributed by atoms with Gasteiger partial charge in [-0.3, -0.25) is 9.59 Å². The molecule has 1 N–H and O–H groups in total. The van der Waals surface area contributed by atoms with Crippen LogP contribution in [0.25, 0.3) is 0 Å². The maximum absolute atomic E-state index is 12.9. The molecule has 0 aromatic heterocycles. The first-order valence-corrected chi connectivity index (χ1v) is 8.29. The maximum Gasteiger partial charge on any atom is 0.249 e. The largest absolute Gasteiger partial charge is 0.340 e. The molecule has 2 amide bonds. The number of carbonyl (C=O) groups is 2. The van der Waals surface area contributed by atoms with Gasteiger partial charge in [-0.2, -0.15) is 0 Å². The number of amides is 2. The van der Waals surface area contributed by atoms with Gasteiger partial charge in [-0.05, 0) is 31.6 Å². The normalized spacial score (nSPS) is 29.6. The van der Waals surface area contributed by atoms with Crippen molar-refractivity contribution in [1.29, 1.82) is 0 Å². The van der Waals surface area contributed by atoms with Gasteiger partial charge in [-0.15, -0.1) is 0 Å². The van der Waals surface area contributed by atoms with Crippen LogP contribution in [0.5, 0.6) is 0 Å². The first-order valence-electron chi connectivity index (χ1n) is 8.29. The summed E-state index contributed by atoms with van der Waals surface area (Å²) in [6.07, 6.45) is 9.50. The molecule has 1 heterocycles. The van der Waals surface area contributed by atoms with Crippen molar-refractivity contribution in [2.24, 2.45) is 5.92 Å². The summed E-state index contributed by atoms with van der Waals surface area (Å²) in [5.41, 5.74) is -0.553. The van der Waals surface area contributed by atoms with Crippen LogP contribution >= 0.6 is 0 Å². The minimum absolute atomic E-state index is 0.0719. The molecule has 2 aliphatic carbocycles. The van der Waals surface area contributed by atoms with Crippen molar-refractivity contribution in [1.82, 2.24) is 10.2 Å². The van der Waals surface area contributed by atoms with Crippen molar-refractivity contribution in [3.63, 3.8) is 0 Å². The molecule has 4 heteroatoms. The second-order valence-corrected chi connectivity index (χ2v) is 6.79. The summed E-state index contributed by atoms with van der Waals surface area (Å²) in [4.78, 5) is 27.2. The molecule has 1 atom stereocenters. The van der Waals surface area contributed by atoms with E-state index in [9.17, 15) is 9.59 Å². The molecule has 20 heavy (non-hydrogen) atoms. The van der Waals surface area contributed by atoms with E-state index in [-0.39, 0.29) is 17.9 Å². The van der Waals surface area contributed by atoms with E-state index in [1.165, 1.54) is 19.3 Å². The lowest BCUT2D eigenvalue weighted by Gasteiger charge is -2.45. The summed E-state index contributed by atoms with van der Waals surface area (Å²) in [7, 11) is 0. The summed E-state index contributed by atoms with van der Waals surface area (Å²) >= 11 is 0. The summed E-state index contributed by atoms with van der Waals surface area (Å²) in [5.74, 6) is 1.05. The summed E-state index contributed by atoms with van der Waals surface area (Å²) in [5, 5.41) is 3.06. The molecule has 3 rings (SSSR count). The predicted molar refractivity (Wildman–Crippen MR) is 77.1 cm³/mol. The molecular weight excluding hydrogens is 252 g/mol. The molecule has 0 radical (unpaired) electrons. The van der Waals surface area contributed by atoms with Gasteiger partial charge in [0.15, 0.2) is 0 Å². The Morgan fingerprint density at radius 3 is 2.45 bits per heavy atom. The second kappa shape index (κ2) is 5.38. The fourth-order valence-corrected chi connectivity index (χ4v) is 4.01. The third-order valence-electron chi connectivity index (χ3n) is 5.56. The van der Waals surface area contributed by atoms with Gasteiger partial charge in [-0.25, -0.2) is 0 Å². The summed E-state index contributed by atoms with van der Waals surface area (Å²) in [6, 6.07) is -0.242. The fraction of sp³-hybridized carbons (Fsp3) is 0.875. The molecule has 1 spiro atoms. The minimum atomic E-state index is -0.553. The number of nitrogens with zero attached hydrogens (tertiary/aromatic N) is 1. The van der Waals surface area contributed by atoms with Crippen LogP contribution in [0.2, 0.25) is 0 Å². The van der Waals surface area contributed by atoms with Crippen molar-refractivity contribution >= 4 is 11.8 Å². The molecule has 4 nitrogen and oxygen atoms in total. The molecule has 112 valence electrons. The van der Waals surface area contributed by atoms with E-state index in [0.29, 0.717) is 0 Å². The SMILES string of the molecule is CCC1C(=O)NC2(CCCC2)C(=O)N1CCC1CCC1. The Hall–Kier alpha value is -1.06. The molecule has 1 aliphatic heterocycles. The van der Waals surface area contributed by atoms with Crippen molar-refractivity contribution in [2.45, 2.75) is 76.3 Å². The van der Waals surface area contributed by atoms with E-state index >= 15 is 0 Å². The Kier molecular flexibility index (Phi) is 3.74. The molecule has 2 saturated carbocycles.